The molecule has 2 heteroatoms. The van der Waals surface area contributed by atoms with Gasteiger partial charge >= 0.3 is 0 Å². The SMILES string of the molecule is Cc1cccc(F)c1CC1CCCNC1. The molecule has 1 unspecified atom stereocenters. The van der Waals surface area contributed by atoms with Crippen LogP contribution in [0.3, 0.4) is 0 Å². The molecule has 15 heavy (non-hydrogen) atoms. The third-order valence-corrected chi connectivity index (χ3v) is 3.24. The highest BCUT2D eigenvalue weighted by molar-refractivity contribution is 5.27. The molecule has 0 saturated carbocycles. The summed E-state index contributed by atoms with van der Waals surface area (Å²) in [5, 5.41) is 3.37. The fourth-order valence-corrected chi connectivity index (χ4v) is 2.31. The number of rotatable bonds is 2. The molecule has 1 N–H and O–H groups in total. The van der Waals surface area contributed by atoms with Gasteiger partial charge < -0.3 is 5.32 Å². The van der Waals surface area contributed by atoms with E-state index in [1.165, 1.54) is 12.8 Å². The van der Waals surface area contributed by atoms with E-state index < -0.39 is 0 Å². The molecule has 0 radical (unpaired) electrons. The van der Waals surface area contributed by atoms with Crippen molar-refractivity contribution in [1.29, 1.82) is 0 Å². The minimum atomic E-state index is -0.0411. The van der Waals surface area contributed by atoms with E-state index in [0.717, 1.165) is 30.6 Å². The average molecular weight is 207 g/mol. The lowest BCUT2D eigenvalue weighted by molar-refractivity contribution is 0.371. The van der Waals surface area contributed by atoms with Gasteiger partial charge in [-0.2, -0.15) is 0 Å². The van der Waals surface area contributed by atoms with Crippen molar-refractivity contribution in [1.82, 2.24) is 5.32 Å². The molecule has 1 nitrogen and oxygen atoms in total. The maximum Gasteiger partial charge on any atom is 0.126 e. The first-order chi connectivity index (χ1) is 7.27. The molecule has 1 atom stereocenters. The van der Waals surface area contributed by atoms with Crippen molar-refractivity contribution in [3.8, 4) is 0 Å². The zero-order valence-electron chi connectivity index (χ0n) is 9.22. The van der Waals surface area contributed by atoms with Crippen LogP contribution in [0.5, 0.6) is 0 Å². The Morgan fingerprint density at radius 1 is 1.47 bits per heavy atom. The first kappa shape index (κ1) is 10.6. The Kier molecular flexibility index (Phi) is 3.37. The predicted molar refractivity (Wildman–Crippen MR) is 60.4 cm³/mol. The van der Waals surface area contributed by atoms with Crippen LogP contribution in [0.25, 0.3) is 0 Å². The quantitative estimate of drug-likeness (QED) is 0.786. The maximum absolute atomic E-state index is 13.6. The minimum absolute atomic E-state index is 0.0411. The summed E-state index contributed by atoms with van der Waals surface area (Å²) in [5.41, 5.74) is 1.99. The van der Waals surface area contributed by atoms with Crippen molar-refractivity contribution >= 4 is 0 Å². The number of aryl methyl sites for hydroxylation is 1. The molecule has 0 spiro atoms. The van der Waals surface area contributed by atoms with Crippen molar-refractivity contribution in [2.24, 2.45) is 5.92 Å². The molecule has 0 bridgehead atoms. The Hall–Kier alpha value is -0.890. The molecular formula is C13H18FN. The van der Waals surface area contributed by atoms with Gasteiger partial charge in [0.25, 0.3) is 0 Å². The fraction of sp³-hybridized carbons (Fsp3) is 0.538. The van der Waals surface area contributed by atoms with Gasteiger partial charge in [-0.1, -0.05) is 12.1 Å². The number of benzene rings is 1. The van der Waals surface area contributed by atoms with Crippen LogP contribution < -0.4 is 5.32 Å². The predicted octanol–water partition coefficient (Wildman–Crippen LogP) is 2.68. The van der Waals surface area contributed by atoms with Gasteiger partial charge in [-0.05, 0) is 62.4 Å². The third-order valence-electron chi connectivity index (χ3n) is 3.24. The molecular weight excluding hydrogens is 189 g/mol. The fourth-order valence-electron chi connectivity index (χ4n) is 2.31. The van der Waals surface area contributed by atoms with Crippen molar-refractivity contribution < 1.29 is 4.39 Å². The van der Waals surface area contributed by atoms with E-state index in [0.29, 0.717) is 5.92 Å². The van der Waals surface area contributed by atoms with E-state index in [-0.39, 0.29) is 5.82 Å². The van der Waals surface area contributed by atoms with Gasteiger partial charge in [0.15, 0.2) is 0 Å². The molecule has 1 fully saturated rings. The van der Waals surface area contributed by atoms with Gasteiger partial charge in [-0.25, -0.2) is 4.39 Å². The van der Waals surface area contributed by atoms with Crippen LogP contribution in [-0.4, -0.2) is 13.1 Å². The third kappa shape index (κ3) is 2.57. The van der Waals surface area contributed by atoms with E-state index in [2.05, 4.69) is 5.32 Å². The summed E-state index contributed by atoms with van der Waals surface area (Å²) >= 11 is 0. The van der Waals surface area contributed by atoms with Crippen LogP contribution in [0.2, 0.25) is 0 Å². The molecule has 0 amide bonds. The van der Waals surface area contributed by atoms with Gasteiger partial charge in [0.05, 0.1) is 0 Å². The van der Waals surface area contributed by atoms with E-state index in [1.807, 2.05) is 13.0 Å². The van der Waals surface area contributed by atoms with Gasteiger partial charge in [0, 0.05) is 0 Å². The summed E-state index contributed by atoms with van der Waals surface area (Å²) in [6.07, 6.45) is 3.32. The molecule has 82 valence electrons. The summed E-state index contributed by atoms with van der Waals surface area (Å²) in [4.78, 5) is 0. The summed E-state index contributed by atoms with van der Waals surface area (Å²) in [7, 11) is 0. The zero-order valence-corrected chi connectivity index (χ0v) is 9.22. The van der Waals surface area contributed by atoms with Crippen LogP contribution in [0.1, 0.15) is 24.0 Å². The number of piperidine rings is 1. The van der Waals surface area contributed by atoms with Crippen LogP contribution in [0, 0.1) is 18.7 Å². The topological polar surface area (TPSA) is 12.0 Å². The molecule has 1 heterocycles. The molecule has 0 aromatic heterocycles. The van der Waals surface area contributed by atoms with Crippen LogP contribution >= 0.6 is 0 Å². The monoisotopic (exact) mass is 207 g/mol. The lowest BCUT2D eigenvalue weighted by Crippen LogP contribution is -2.31. The molecule has 1 aromatic rings. The van der Waals surface area contributed by atoms with E-state index in [9.17, 15) is 4.39 Å². The van der Waals surface area contributed by atoms with E-state index in [4.69, 9.17) is 0 Å². The highest BCUT2D eigenvalue weighted by Crippen LogP contribution is 2.21. The summed E-state index contributed by atoms with van der Waals surface area (Å²) in [5.74, 6) is 0.565. The second kappa shape index (κ2) is 4.75. The van der Waals surface area contributed by atoms with E-state index in [1.54, 1.807) is 12.1 Å². The second-order valence-electron chi connectivity index (χ2n) is 4.45. The standard InChI is InChI=1S/C13H18FN/c1-10-4-2-6-13(14)12(10)8-11-5-3-7-15-9-11/h2,4,6,11,15H,3,5,7-9H2,1H3. The number of halogens is 1. The summed E-state index contributed by atoms with van der Waals surface area (Å²) in [6.45, 7) is 4.15. The van der Waals surface area contributed by atoms with Crippen molar-refractivity contribution in [2.75, 3.05) is 13.1 Å². The Morgan fingerprint density at radius 2 is 2.33 bits per heavy atom. The van der Waals surface area contributed by atoms with Crippen molar-refractivity contribution in [3.05, 3.63) is 35.1 Å². The average Bonchev–Trinajstić information content (AvgIpc) is 2.25. The summed E-state index contributed by atoms with van der Waals surface area (Å²) < 4.78 is 13.6. The minimum Gasteiger partial charge on any atom is -0.316 e. The molecule has 1 aromatic carbocycles. The van der Waals surface area contributed by atoms with E-state index >= 15 is 0 Å². The Morgan fingerprint density at radius 3 is 3.00 bits per heavy atom. The van der Waals surface area contributed by atoms with Gasteiger partial charge in [0.2, 0.25) is 0 Å². The van der Waals surface area contributed by atoms with Gasteiger partial charge in [-0.15, -0.1) is 0 Å². The van der Waals surface area contributed by atoms with Gasteiger partial charge in [-0.3, -0.25) is 0 Å². The lowest BCUT2D eigenvalue weighted by atomic mass is 9.90. The van der Waals surface area contributed by atoms with Crippen LogP contribution in [0.15, 0.2) is 18.2 Å². The highest BCUT2D eigenvalue weighted by atomic mass is 19.1. The Bertz CT molecular complexity index is 309. The Balaban J connectivity index is 2.09. The van der Waals surface area contributed by atoms with Crippen LogP contribution in [0.4, 0.5) is 4.39 Å². The smallest absolute Gasteiger partial charge is 0.126 e. The molecule has 0 aliphatic carbocycles. The molecule has 1 aliphatic heterocycles. The zero-order chi connectivity index (χ0) is 10.7. The first-order valence-electron chi connectivity index (χ1n) is 5.72. The molecule has 1 saturated heterocycles. The molecule has 2 rings (SSSR count). The maximum atomic E-state index is 13.6. The highest BCUT2D eigenvalue weighted by Gasteiger charge is 2.16. The largest absolute Gasteiger partial charge is 0.316 e. The first-order valence-corrected chi connectivity index (χ1v) is 5.72. The van der Waals surface area contributed by atoms with Crippen molar-refractivity contribution in [2.45, 2.75) is 26.2 Å². The Labute approximate surface area is 90.7 Å². The number of hydrogen-bond donors (Lipinski definition) is 1. The van der Waals surface area contributed by atoms with Crippen molar-refractivity contribution in [3.63, 3.8) is 0 Å². The number of nitrogens with one attached hydrogen (secondary N) is 1. The molecule has 1 aliphatic rings. The normalized spacial score (nSPS) is 21.6. The lowest BCUT2D eigenvalue weighted by Gasteiger charge is -2.23. The van der Waals surface area contributed by atoms with Crippen LogP contribution in [-0.2, 0) is 6.42 Å². The number of hydrogen-bond acceptors (Lipinski definition) is 1. The van der Waals surface area contributed by atoms with Gasteiger partial charge in [0.1, 0.15) is 5.82 Å². The summed E-state index contributed by atoms with van der Waals surface area (Å²) in [6, 6.07) is 5.35. The second-order valence-corrected chi connectivity index (χ2v) is 4.45.